The Kier molecular flexibility index (Phi) is 8.23. The third-order valence-corrected chi connectivity index (χ3v) is 6.25. The Bertz CT molecular complexity index is 1200. The van der Waals surface area contributed by atoms with Gasteiger partial charge in [0.1, 0.15) is 6.10 Å². The summed E-state index contributed by atoms with van der Waals surface area (Å²) in [5.74, 6) is 0.976. The number of hydrogen-bond acceptors (Lipinski definition) is 7. The summed E-state index contributed by atoms with van der Waals surface area (Å²) in [6, 6.07) is 7.48. The van der Waals surface area contributed by atoms with Gasteiger partial charge in [0.25, 0.3) is 5.56 Å². The molecule has 0 aliphatic carbocycles. The molecule has 10 nitrogen and oxygen atoms in total. The van der Waals surface area contributed by atoms with Crippen LogP contribution in [-0.4, -0.2) is 48.3 Å². The maximum absolute atomic E-state index is 12.1. The maximum atomic E-state index is 12.1. The minimum atomic E-state index is -0.693. The van der Waals surface area contributed by atoms with Crippen LogP contribution in [0.4, 0.5) is 0 Å². The summed E-state index contributed by atoms with van der Waals surface area (Å²) in [4.78, 5) is 39.8. The zero-order valence-corrected chi connectivity index (χ0v) is 19.6. The Morgan fingerprint density at radius 2 is 1.94 bits per heavy atom. The van der Waals surface area contributed by atoms with Gasteiger partial charge in [-0.3, -0.25) is 14.6 Å². The molecule has 0 saturated carbocycles. The summed E-state index contributed by atoms with van der Waals surface area (Å²) in [6.07, 6.45) is 1.03. The Hall–Kier alpha value is -3.18. The summed E-state index contributed by atoms with van der Waals surface area (Å²) in [7, 11) is 0. The normalized spacial score (nSPS) is 13.0. The molecule has 3 aromatic rings. The fraction of sp³-hybridized carbons (Fsp3) is 0.409. The van der Waals surface area contributed by atoms with Gasteiger partial charge < -0.3 is 15.4 Å². The Balaban J connectivity index is 1.42. The highest BCUT2D eigenvalue weighted by molar-refractivity contribution is 7.98. The summed E-state index contributed by atoms with van der Waals surface area (Å²) in [6.45, 7) is 5.91. The SMILES string of the molecule is Cc1ccc(C(O)C(C)n2cc(CSCCNC(=O)Cc3c(C)[nH]c(=O)[nH]c3=O)nn2)cc1. The maximum Gasteiger partial charge on any atom is 0.325 e. The molecule has 1 aromatic carbocycles. The van der Waals surface area contributed by atoms with E-state index in [0.717, 1.165) is 16.8 Å². The summed E-state index contributed by atoms with van der Waals surface area (Å²) >= 11 is 1.59. The van der Waals surface area contributed by atoms with Crippen molar-refractivity contribution in [2.24, 2.45) is 0 Å². The molecule has 0 spiro atoms. The number of aliphatic hydroxyl groups excluding tert-OH is 1. The lowest BCUT2D eigenvalue weighted by atomic mass is 10.0. The number of rotatable bonds is 10. The average Bonchev–Trinajstić information content (AvgIpc) is 3.24. The molecule has 11 heteroatoms. The number of H-pyrrole nitrogens is 2. The third-order valence-electron chi connectivity index (χ3n) is 5.26. The van der Waals surface area contributed by atoms with Crippen molar-refractivity contribution in [3.05, 3.63) is 79.4 Å². The van der Waals surface area contributed by atoms with Crippen molar-refractivity contribution in [1.82, 2.24) is 30.3 Å². The van der Waals surface area contributed by atoms with Gasteiger partial charge in [-0.1, -0.05) is 35.0 Å². The molecule has 3 rings (SSSR count). The first-order valence-corrected chi connectivity index (χ1v) is 11.7. The Labute approximate surface area is 194 Å². The third kappa shape index (κ3) is 6.65. The molecule has 0 saturated heterocycles. The second kappa shape index (κ2) is 11.1. The van der Waals surface area contributed by atoms with Gasteiger partial charge in [0.05, 0.1) is 18.2 Å². The number of nitrogens with zero attached hydrogens (tertiary/aromatic N) is 3. The number of nitrogens with one attached hydrogen (secondary N) is 3. The molecule has 0 bridgehead atoms. The van der Waals surface area contributed by atoms with Crippen LogP contribution in [0.3, 0.4) is 0 Å². The lowest BCUT2D eigenvalue weighted by Gasteiger charge is -2.19. The first-order valence-electron chi connectivity index (χ1n) is 10.6. The summed E-state index contributed by atoms with van der Waals surface area (Å²) < 4.78 is 1.66. The van der Waals surface area contributed by atoms with Crippen molar-refractivity contribution < 1.29 is 9.90 Å². The highest BCUT2D eigenvalue weighted by atomic mass is 32.2. The van der Waals surface area contributed by atoms with E-state index in [2.05, 4.69) is 25.6 Å². The molecule has 33 heavy (non-hydrogen) atoms. The standard InChI is InChI=1S/C22H28N6O4S/c1-13-4-6-16(7-5-13)20(30)15(3)28-11-17(26-27-28)12-33-9-8-23-19(29)10-18-14(2)24-22(32)25-21(18)31/h4-7,11,15,20,30H,8-10,12H2,1-3H3,(H,23,29)(H2,24,25,31,32). The van der Waals surface area contributed by atoms with Gasteiger partial charge >= 0.3 is 5.69 Å². The van der Waals surface area contributed by atoms with Crippen molar-refractivity contribution >= 4 is 17.7 Å². The van der Waals surface area contributed by atoms with Gasteiger partial charge in [-0.15, -0.1) is 5.10 Å². The fourth-order valence-corrected chi connectivity index (χ4v) is 4.00. The number of aromatic amines is 2. The topological polar surface area (TPSA) is 146 Å². The minimum absolute atomic E-state index is 0.0991. The van der Waals surface area contributed by atoms with Crippen molar-refractivity contribution in [3.63, 3.8) is 0 Å². The first kappa shape index (κ1) is 24.5. The molecular weight excluding hydrogens is 444 g/mol. The molecule has 0 aliphatic rings. The Morgan fingerprint density at radius 1 is 1.21 bits per heavy atom. The average molecular weight is 473 g/mol. The summed E-state index contributed by atoms with van der Waals surface area (Å²) in [5.41, 5.74) is 2.24. The van der Waals surface area contributed by atoms with Crippen LogP contribution >= 0.6 is 11.8 Å². The molecule has 0 aliphatic heterocycles. The zero-order valence-electron chi connectivity index (χ0n) is 18.8. The van der Waals surface area contributed by atoms with Gasteiger partial charge in [0.15, 0.2) is 0 Å². The van der Waals surface area contributed by atoms with Crippen molar-refractivity contribution in [2.75, 3.05) is 12.3 Å². The second-order valence-electron chi connectivity index (χ2n) is 7.88. The van der Waals surface area contributed by atoms with Gasteiger partial charge in [0, 0.05) is 35.5 Å². The molecule has 0 radical (unpaired) electrons. The van der Waals surface area contributed by atoms with Crippen molar-refractivity contribution in [2.45, 2.75) is 45.1 Å². The van der Waals surface area contributed by atoms with E-state index in [9.17, 15) is 19.5 Å². The molecule has 2 atom stereocenters. The summed E-state index contributed by atoms with van der Waals surface area (Å²) in [5, 5.41) is 21.7. The molecule has 2 unspecified atom stereocenters. The number of carbonyl (C=O) groups excluding carboxylic acids is 1. The van der Waals surface area contributed by atoms with Gasteiger partial charge in [-0.25, -0.2) is 9.48 Å². The van der Waals surface area contributed by atoms with E-state index in [1.165, 1.54) is 0 Å². The smallest absolute Gasteiger partial charge is 0.325 e. The van der Waals surface area contributed by atoms with Crippen LogP contribution in [0.5, 0.6) is 0 Å². The van der Waals surface area contributed by atoms with Crippen LogP contribution in [0.15, 0.2) is 40.1 Å². The van der Waals surface area contributed by atoms with E-state index >= 15 is 0 Å². The highest BCUT2D eigenvalue weighted by Crippen LogP contribution is 2.25. The largest absolute Gasteiger partial charge is 0.386 e. The van der Waals surface area contributed by atoms with E-state index < -0.39 is 17.4 Å². The van der Waals surface area contributed by atoms with Crippen molar-refractivity contribution in [3.8, 4) is 0 Å². The minimum Gasteiger partial charge on any atom is -0.386 e. The monoisotopic (exact) mass is 472 g/mol. The van der Waals surface area contributed by atoms with E-state index in [4.69, 9.17) is 0 Å². The van der Waals surface area contributed by atoms with E-state index in [1.54, 1.807) is 23.4 Å². The Morgan fingerprint density at radius 3 is 2.64 bits per heavy atom. The number of hydrogen-bond donors (Lipinski definition) is 4. The number of thioether (sulfide) groups is 1. The predicted molar refractivity (Wildman–Crippen MR) is 126 cm³/mol. The van der Waals surface area contributed by atoms with Gasteiger partial charge in [0.2, 0.25) is 5.91 Å². The quantitative estimate of drug-likeness (QED) is 0.324. The molecule has 4 N–H and O–H groups in total. The molecule has 2 heterocycles. The van der Waals surface area contributed by atoms with Crippen LogP contribution in [0.2, 0.25) is 0 Å². The molecule has 176 valence electrons. The number of aromatic nitrogens is 5. The van der Waals surface area contributed by atoms with Crippen LogP contribution < -0.4 is 16.6 Å². The van der Waals surface area contributed by atoms with Crippen LogP contribution in [0.25, 0.3) is 0 Å². The number of aryl methyl sites for hydroxylation is 2. The van der Waals surface area contributed by atoms with E-state index in [1.807, 2.05) is 44.3 Å². The lowest BCUT2D eigenvalue weighted by molar-refractivity contribution is -0.120. The van der Waals surface area contributed by atoms with Gasteiger partial charge in [-0.2, -0.15) is 11.8 Å². The zero-order chi connectivity index (χ0) is 24.0. The van der Waals surface area contributed by atoms with E-state index in [-0.39, 0.29) is 23.9 Å². The van der Waals surface area contributed by atoms with Crippen LogP contribution in [-0.2, 0) is 17.0 Å². The van der Waals surface area contributed by atoms with Crippen LogP contribution in [0.1, 0.15) is 47.1 Å². The number of aliphatic hydroxyl groups is 1. The van der Waals surface area contributed by atoms with Crippen LogP contribution in [0, 0.1) is 13.8 Å². The predicted octanol–water partition coefficient (Wildman–Crippen LogP) is 1.16. The number of amides is 1. The number of carbonyl (C=O) groups is 1. The molecule has 0 fully saturated rings. The fourth-order valence-electron chi connectivity index (χ4n) is 3.27. The lowest BCUT2D eigenvalue weighted by Crippen LogP contribution is -2.33. The number of benzene rings is 1. The molecule has 1 amide bonds. The second-order valence-corrected chi connectivity index (χ2v) is 8.98. The van der Waals surface area contributed by atoms with Gasteiger partial charge in [-0.05, 0) is 26.3 Å². The highest BCUT2D eigenvalue weighted by Gasteiger charge is 2.19. The van der Waals surface area contributed by atoms with Crippen molar-refractivity contribution in [1.29, 1.82) is 0 Å². The first-order chi connectivity index (χ1) is 15.7. The molecular formula is C22H28N6O4S. The van der Waals surface area contributed by atoms with E-state index in [0.29, 0.717) is 23.7 Å². The molecule has 2 aromatic heterocycles.